The molecule has 15 rings (SSSR count). The van der Waals surface area contributed by atoms with Gasteiger partial charge in [0, 0.05) is 28.9 Å². The molecule has 3 saturated carbocycles. The average molecular weight is 1500 g/mol. The molecule has 0 bridgehead atoms. The normalized spacial score (nSPS) is 18.9. The number of aromatic amines is 3. The van der Waals surface area contributed by atoms with Crippen LogP contribution in [0.15, 0.2) is 205 Å². The molecule has 9 aromatic carbocycles. The Labute approximate surface area is 604 Å². The van der Waals surface area contributed by atoms with E-state index in [4.69, 9.17) is 34.3 Å². The summed E-state index contributed by atoms with van der Waals surface area (Å²) in [6.07, 6.45) is -15.0. The summed E-state index contributed by atoms with van der Waals surface area (Å²) in [4.78, 5) is 24.5. The fourth-order valence-electron chi connectivity index (χ4n) is 13.2. The number of imidazole rings is 3. The highest BCUT2D eigenvalue weighted by Crippen LogP contribution is 2.57. The van der Waals surface area contributed by atoms with Gasteiger partial charge in [0.2, 0.25) is 20.0 Å². The Morgan fingerprint density at radius 3 is 1.11 bits per heavy atom. The molecular formula is C79H73F9N8O8S2. The zero-order valence-electron chi connectivity index (χ0n) is 57.8. The number of H-pyrrole nitrogens is 3. The van der Waals surface area contributed by atoms with Crippen LogP contribution in [0.4, 0.5) is 45.2 Å². The number of hydrogen-bond acceptors (Lipinski definition) is 11. The molecule has 3 heterocycles. The lowest BCUT2D eigenvalue weighted by Gasteiger charge is -2.21. The summed E-state index contributed by atoms with van der Waals surface area (Å²) >= 11 is 0. The van der Waals surface area contributed by atoms with Crippen molar-refractivity contribution >= 4 is 58.8 Å². The number of benzene rings is 9. The number of anilines is 1. The maximum Gasteiger partial charge on any atom is 0.425 e. The summed E-state index contributed by atoms with van der Waals surface area (Å²) in [5, 5.41) is 16.0. The molecule has 0 aliphatic heterocycles. The molecule has 16 nitrogen and oxygen atoms in total. The van der Waals surface area contributed by atoms with Crippen molar-refractivity contribution in [2.24, 2.45) is 5.14 Å². The zero-order valence-corrected chi connectivity index (χ0v) is 59.4. The second-order valence-electron chi connectivity index (χ2n) is 27.6. The van der Waals surface area contributed by atoms with Crippen LogP contribution in [0.3, 0.4) is 0 Å². The van der Waals surface area contributed by atoms with Gasteiger partial charge < -0.3 is 34.3 Å². The highest BCUT2D eigenvalue weighted by atomic mass is 32.2. The first-order chi connectivity index (χ1) is 50.0. The largest absolute Gasteiger partial charge is 0.481 e. The number of fused-ring (bicyclic) bond motifs is 3. The first-order valence-corrected chi connectivity index (χ1v) is 37.4. The lowest BCUT2D eigenvalue weighted by molar-refractivity contribution is -0.189. The first kappa shape index (κ1) is 74.1. The molecular weight excluding hydrogens is 1420 g/mol. The van der Waals surface area contributed by atoms with Crippen LogP contribution < -0.4 is 24.1 Å². The predicted molar refractivity (Wildman–Crippen MR) is 388 cm³/mol. The number of halogens is 9. The monoisotopic (exact) mass is 1500 g/mol. The summed E-state index contributed by atoms with van der Waals surface area (Å²) in [7, 11) is -7.30. The number of alkyl halides is 9. The van der Waals surface area contributed by atoms with Crippen LogP contribution in [0.1, 0.15) is 129 Å². The topological polar surface area (TPSA) is 240 Å². The number of aromatic nitrogens is 6. The lowest BCUT2D eigenvalue weighted by Crippen LogP contribution is -2.31. The summed E-state index contributed by atoms with van der Waals surface area (Å²) in [6, 6.07) is 59.1. The molecule has 3 aliphatic carbocycles. The third-order valence-electron chi connectivity index (χ3n) is 19.1. The van der Waals surface area contributed by atoms with Crippen molar-refractivity contribution < 1.29 is 75.7 Å². The molecule has 3 aromatic heterocycles. The van der Waals surface area contributed by atoms with Crippen molar-refractivity contribution in [3.63, 3.8) is 0 Å². The lowest BCUT2D eigenvalue weighted by atomic mass is 9.89. The smallest absolute Gasteiger partial charge is 0.425 e. The van der Waals surface area contributed by atoms with Gasteiger partial charge >= 0.3 is 18.5 Å². The Morgan fingerprint density at radius 1 is 0.443 bits per heavy atom. The zero-order chi connectivity index (χ0) is 75.6. The van der Waals surface area contributed by atoms with Gasteiger partial charge in [-0.3, -0.25) is 4.72 Å². The molecule has 3 fully saturated rings. The number of nitrogens with one attached hydrogen (secondary N) is 4. The molecule has 106 heavy (non-hydrogen) atoms. The Bertz CT molecular complexity index is 5430. The second-order valence-corrected chi connectivity index (χ2v) is 30.9. The van der Waals surface area contributed by atoms with Gasteiger partial charge in [-0.2, -0.15) is 39.5 Å². The predicted octanol–water partition coefficient (Wildman–Crippen LogP) is 18.7. The molecule has 12 aromatic rings. The summed E-state index contributed by atoms with van der Waals surface area (Å²) < 4.78 is 179. The van der Waals surface area contributed by atoms with Crippen molar-refractivity contribution in [2.45, 2.75) is 137 Å². The Balaban J connectivity index is 0.000000141. The number of para-hydroxylation sites is 1. The minimum absolute atomic E-state index is 0.0541. The van der Waals surface area contributed by atoms with E-state index in [-0.39, 0.29) is 57.7 Å². The number of ether oxygens (including phenoxy) is 3. The van der Waals surface area contributed by atoms with Crippen molar-refractivity contribution in [3.8, 4) is 50.6 Å². The van der Waals surface area contributed by atoms with Crippen LogP contribution >= 0.6 is 0 Å². The van der Waals surface area contributed by atoms with Crippen LogP contribution in [0.25, 0.3) is 66.5 Å². The van der Waals surface area contributed by atoms with E-state index < -0.39 is 62.5 Å². The van der Waals surface area contributed by atoms with Gasteiger partial charge in [0.25, 0.3) is 0 Å². The molecule has 3 aliphatic rings. The summed E-state index contributed by atoms with van der Waals surface area (Å²) in [5.74, 6) is 4.39. The minimum Gasteiger partial charge on any atom is -0.481 e. The number of primary sulfonamides is 1. The maximum absolute atomic E-state index is 12.7. The molecule has 0 radical (unpaired) electrons. The van der Waals surface area contributed by atoms with Crippen LogP contribution in [0.5, 0.6) is 17.2 Å². The fourth-order valence-corrected chi connectivity index (χ4v) is 14.5. The van der Waals surface area contributed by atoms with E-state index in [1.807, 2.05) is 97.1 Å². The van der Waals surface area contributed by atoms with E-state index in [0.29, 0.717) is 16.8 Å². The molecule has 9 unspecified atom stereocenters. The summed E-state index contributed by atoms with van der Waals surface area (Å²) in [6.45, 7) is 6.52. The van der Waals surface area contributed by atoms with Gasteiger partial charge in [0.15, 0.2) is 18.3 Å². The number of sulfonamides is 2. The highest BCUT2D eigenvalue weighted by Gasteiger charge is 2.45. The molecule has 0 saturated heterocycles. The van der Waals surface area contributed by atoms with Crippen LogP contribution in [0.2, 0.25) is 0 Å². The fraction of sp³-hybridized carbons (Fsp3) is 0.278. The van der Waals surface area contributed by atoms with Gasteiger partial charge in [-0.1, -0.05) is 115 Å². The van der Waals surface area contributed by atoms with E-state index in [2.05, 4.69) is 25.7 Å². The SMILES string of the molecule is CC(Oc1ccc(C2CC2c2nc3ccc(-c4ccccc4C(C)(C)O)cc3[nH]2)cc1)C(F)(F)F.CC(Oc1ccc(C2CC2c2nc3ccc(-c4ccccc4NS(C)(=O)=O)cc3[nH]2)cc1)C(F)(F)F.CC(Oc1ccc(C2CC2c2nc3ccc(-c4ccccc4S(N)(=O)=O)cc3[nH]2)cc1)C(F)(F)F. The minimum atomic E-state index is -4.41. The third kappa shape index (κ3) is 17.2. The van der Waals surface area contributed by atoms with Gasteiger partial charge in [-0.15, -0.1) is 0 Å². The standard InChI is InChI=1S/C28H27F3N2O2.C26H24F3N3O3S.C25H22F3N3O3S/c1-16(28(29,30)31)35-19-11-8-17(9-12-19)21-15-22(21)26-32-24-13-10-18(14-25(24)33-26)20-6-4-5-7-23(20)27(2,3)34;1-15(26(27,28)29)35-18-10-7-16(8-11-18)20-14-21(20)25-30-23-12-9-17(13-24(23)31-25)19-5-3-4-6-22(19)32-36(2,33)34;1-14(25(26,27)28)34-17-9-6-15(7-10-17)19-13-20(19)24-30-21-11-8-16(12-22(21)31-24)18-4-2-3-5-23(18)35(29,32)33/h4-14,16,21-22,34H,15H2,1-3H3,(H,32,33);3-13,15,20-21,32H,14H2,1-2H3,(H,30,31);2-12,14,19-20H,13H2,1H3,(H,30,31)(H2,29,32,33). The average Bonchev–Trinajstić information content (AvgIpc) is 1.60. The van der Waals surface area contributed by atoms with Crippen LogP contribution in [-0.2, 0) is 25.6 Å². The van der Waals surface area contributed by atoms with Gasteiger partial charge in [-0.05, 0) is 201 Å². The Morgan fingerprint density at radius 2 is 0.764 bits per heavy atom. The van der Waals surface area contributed by atoms with E-state index in [9.17, 15) is 61.5 Å². The van der Waals surface area contributed by atoms with Crippen molar-refractivity contribution in [1.82, 2.24) is 29.9 Å². The van der Waals surface area contributed by atoms with Crippen molar-refractivity contribution in [2.75, 3.05) is 11.0 Å². The van der Waals surface area contributed by atoms with Crippen LogP contribution in [0, 0.1) is 0 Å². The molecule has 552 valence electrons. The van der Waals surface area contributed by atoms with Gasteiger partial charge in [-0.25, -0.2) is 36.9 Å². The van der Waals surface area contributed by atoms with Gasteiger partial charge in [0.1, 0.15) is 34.7 Å². The van der Waals surface area contributed by atoms with Crippen molar-refractivity contribution in [3.05, 3.63) is 240 Å². The second kappa shape index (κ2) is 28.6. The summed E-state index contributed by atoms with van der Waals surface area (Å²) in [5.41, 5.74) is 13.3. The highest BCUT2D eigenvalue weighted by molar-refractivity contribution is 7.92. The quantitative estimate of drug-likeness (QED) is 0.0416. The molecule has 0 amide bonds. The van der Waals surface area contributed by atoms with E-state index in [1.54, 1.807) is 105 Å². The first-order valence-electron chi connectivity index (χ1n) is 34.0. The molecule has 9 atom stereocenters. The molecule has 7 N–H and O–H groups in total. The number of nitrogens with two attached hydrogens (primary N) is 1. The molecule has 27 heteroatoms. The van der Waals surface area contributed by atoms with E-state index in [0.717, 1.165) is 141 Å². The maximum atomic E-state index is 12.7. The van der Waals surface area contributed by atoms with Gasteiger partial charge in [0.05, 0.1) is 55.5 Å². The Hall–Kier alpha value is -10.2. The number of aliphatic hydroxyl groups is 1. The number of rotatable bonds is 19. The van der Waals surface area contributed by atoms with E-state index in [1.165, 1.54) is 6.07 Å². The van der Waals surface area contributed by atoms with Crippen molar-refractivity contribution in [1.29, 1.82) is 0 Å². The van der Waals surface area contributed by atoms with E-state index >= 15 is 0 Å². The Kier molecular flexibility index (Phi) is 20.0. The third-order valence-corrected chi connectivity index (χ3v) is 20.7. The molecule has 0 spiro atoms. The number of hydrogen-bond donors (Lipinski definition) is 6. The van der Waals surface area contributed by atoms with Crippen LogP contribution in [-0.4, -0.2) is 94.9 Å². The number of nitrogens with zero attached hydrogens (tertiary/aromatic N) is 3.